The van der Waals surface area contributed by atoms with Crippen LogP contribution in [0.3, 0.4) is 0 Å². The predicted octanol–water partition coefficient (Wildman–Crippen LogP) is 4.34. The van der Waals surface area contributed by atoms with Crippen molar-refractivity contribution < 1.29 is 9.21 Å². The monoisotopic (exact) mass is 356 g/mol. The fourth-order valence-corrected chi connectivity index (χ4v) is 6.60. The Balaban J connectivity index is 1.26. The van der Waals surface area contributed by atoms with Crippen molar-refractivity contribution in [3.05, 3.63) is 29.0 Å². The number of nitrogens with one attached hydrogen (secondary N) is 1. The van der Waals surface area contributed by atoms with Gasteiger partial charge in [0.05, 0.1) is 12.1 Å². The Morgan fingerprint density at radius 2 is 1.92 bits per heavy atom. The molecule has 1 amide bonds. The van der Waals surface area contributed by atoms with E-state index in [-0.39, 0.29) is 11.4 Å². The summed E-state index contributed by atoms with van der Waals surface area (Å²) in [4.78, 5) is 17.3. The summed E-state index contributed by atoms with van der Waals surface area (Å²) in [5, 5.41) is 6.26. The first-order valence-electron chi connectivity index (χ1n) is 9.39. The van der Waals surface area contributed by atoms with Gasteiger partial charge in [0.1, 0.15) is 5.76 Å². The van der Waals surface area contributed by atoms with Gasteiger partial charge in [0, 0.05) is 10.9 Å². The van der Waals surface area contributed by atoms with E-state index < -0.39 is 0 Å². The second-order valence-corrected chi connectivity index (χ2v) is 9.34. The average Bonchev–Trinajstić information content (AvgIpc) is 3.14. The molecule has 25 heavy (non-hydrogen) atoms. The van der Waals surface area contributed by atoms with Gasteiger partial charge < -0.3 is 9.73 Å². The number of thiazole rings is 1. The molecule has 4 aliphatic rings. The van der Waals surface area contributed by atoms with Crippen LogP contribution in [-0.2, 0) is 11.2 Å². The van der Waals surface area contributed by atoms with Gasteiger partial charge >= 0.3 is 0 Å². The maximum atomic E-state index is 12.7. The fourth-order valence-electron chi connectivity index (χ4n) is 5.82. The number of carbonyl (C=O) groups is 1. The van der Waals surface area contributed by atoms with Crippen LogP contribution in [0.4, 0.5) is 0 Å². The van der Waals surface area contributed by atoms with Crippen molar-refractivity contribution >= 4 is 17.2 Å². The fraction of sp³-hybridized carbons (Fsp3) is 0.600. The van der Waals surface area contributed by atoms with Crippen molar-refractivity contribution in [1.29, 1.82) is 0 Å². The van der Waals surface area contributed by atoms with E-state index in [4.69, 9.17) is 4.42 Å². The lowest BCUT2D eigenvalue weighted by atomic mass is 9.53. The Morgan fingerprint density at radius 3 is 2.52 bits per heavy atom. The normalized spacial score (nSPS) is 32.9. The molecule has 1 N–H and O–H groups in total. The molecule has 0 aromatic carbocycles. The minimum absolute atomic E-state index is 0.0861. The van der Waals surface area contributed by atoms with Crippen molar-refractivity contribution in [3.63, 3.8) is 0 Å². The third-order valence-electron chi connectivity index (χ3n) is 6.29. The van der Waals surface area contributed by atoms with Crippen LogP contribution < -0.4 is 5.32 Å². The number of nitrogens with zero attached hydrogens (tertiary/aromatic N) is 1. The lowest BCUT2D eigenvalue weighted by Crippen LogP contribution is -2.60. The Labute approximate surface area is 152 Å². The molecule has 4 saturated carbocycles. The maximum absolute atomic E-state index is 12.7. The van der Waals surface area contributed by atoms with E-state index in [1.807, 2.05) is 24.4 Å². The number of aromatic nitrogens is 1. The highest BCUT2D eigenvalue weighted by Crippen LogP contribution is 2.55. The molecule has 2 aromatic heterocycles. The molecule has 2 aromatic rings. The zero-order valence-corrected chi connectivity index (χ0v) is 15.4. The van der Waals surface area contributed by atoms with E-state index in [1.165, 1.54) is 38.5 Å². The Morgan fingerprint density at radius 1 is 1.24 bits per heavy atom. The smallest absolute Gasteiger partial charge is 0.226 e. The SMILES string of the molecule is Cc1ccc(-c2nc(CC(=O)NC34CC5CC(CC(C5)C3)C4)cs2)o1. The van der Waals surface area contributed by atoms with E-state index in [9.17, 15) is 4.79 Å². The molecule has 5 heteroatoms. The molecule has 6 rings (SSSR count). The van der Waals surface area contributed by atoms with E-state index in [1.54, 1.807) is 11.3 Å². The summed E-state index contributed by atoms with van der Waals surface area (Å²) in [6, 6.07) is 3.88. The van der Waals surface area contributed by atoms with Crippen LogP contribution in [0.2, 0.25) is 0 Å². The Hall–Kier alpha value is -1.62. The molecule has 4 bridgehead atoms. The van der Waals surface area contributed by atoms with Crippen LogP contribution in [0, 0.1) is 24.7 Å². The molecule has 0 aliphatic heterocycles. The predicted molar refractivity (Wildman–Crippen MR) is 97.3 cm³/mol. The molecule has 132 valence electrons. The third-order valence-corrected chi connectivity index (χ3v) is 7.19. The highest BCUT2D eigenvalue weighted by Gasteiger charge is 2.51. The molecule has 0 radical (unpaired) electrons. The summed E-state index contributed by atoms with van der Waals surface area (Å²) >= 11 is 1.54. The lowest BCUT2D eigenvalue weighted by Gasteiger charge is -2.56. The van der Waals surface area contributed by atoms with Gasteiger partial charge in [-0.25, -0.2) is 4.98 Å². The summed E-state index contributed by atoms with van der Waals surface area (Å²) in [5.74, 6) is 4.34. The molecular weight excluding hydrogens is 332 g/mol. The molecular formula is C20H24N2O2S. The number of rotatable bonds is 4. The number of hydrogen-bond donors (Lipinski definition) is 1. The van der Waals surface area contributed by atoms with Gasteiger partial charge in [0.2, 0.25) is 5.91 Å². The minimum atomic E-state index is 0.0861. The van der Waals surface area contributed by atoms with Crippen LogP contribution in [-0.4, -0.2) is 16.4 Å². The molecule has 4 nitrogen and oxygen atoms in total. The number of aryl methyl sites for hydroxylation is 1. The zero-order valence-electron chi connectivity index (χ0n) is 14.6. The van der Waals surface area contributed by atoms with Crippen molar-refractivity contribution in [3.8, 4) is 10.8 Å². The van der Waals surface area contributed by atoms with Crippen LogP contribution in [0.15, 0.2) is 21.9 Å². The summed E-state index contributed by atoms with van der Waals surface area (Å²) in [6.07, 6.45) is 8.14. The number of carbonyl (C=O) groups excluding carboxylic acids is 1. The van der Waals surface area contributed by atoms with Crippen molar-refractivity contribution in [2.24, 2.45) is 17.8 Å². The van der Waals surface area contributed by atoms with Gasteiger partial charge in [-0.05, 0) is 75.3 Å². The molecule has 0 atom stereocenters. The first-order chi connectivity index (χ1) is 12.1. The van der Waals surface area contributed by atoms with Gasteiger partial charge in [-0.3, -0.25) is 4.79 Å². The molecule has 4 fully saturated rings. The lowest BCUT2D eigenvalue weighted by molar-refractivity contribution is -0.126. The number of hydrogen-bond acceptors (Lipinski definition) is 4. The van der Waals surface area contributed by atoms with Gasteiger partial charge in [-0.2, -0.15) is 0 Å². The van der Waals surface area contributed by atoms with E-state index in [2.05, 4.69) is 10.3 Å². The van der Waals surface area contributed by atoms with Crippen LogP contribution in [0.5, 0.6) is 0 Å². The Kier molecular flexibility index (Phi) is 3.56. The summed E-state index contributed by atoms with van der Waals surface area (Å²) in [7, 11) is 0. The first kappa shape index (κ1) is 15.6. The van der Waals surface area contributed by atoms with Gasteiger partial charge in [-0.1, -0.05) is 0 Å². The first-order valence-corrected chi connectivity index (χ1v) is 10.3. The largest absolute Gasteiger partial charge is 0.459 e. The zero-order chi connectivity index (χ0) is 17.0. The van der Waals surface area contributed by atoms with Gasteiger partial charge in [0.15, 0.2) is 10.8 Å². The van der Waals surface area contributed by atoms with Crippen LogP contribution in [0.25, 0.3) is 10.8 Å². The van der Waals surface area contributed by atoms with Crippen molar-refractivity contribution in [1.82, 2.24) is 10.3 Å². The second-order valence-electron chi connectivity index (χ2n) is 8.48. The van der Waals surface area contributed by atoms with E-state index >= 15 is 0 Å². The number of amides is 1. The summed E-state index contributed by atoms with van der Waals surface area (Å²) in [5.41, 5.74) is 0.930. The highest BCUT2D eigenvalue weighted by molar-refractivity contribution is 7.13. The Bertz CT molecular complexity index is 771. The summed E-state index contributed by atoms with van der Waals surface area (Å²) in [6.45, 7) is 1.93. The topological polar surface area (TPSA) is 55.1 Å². The molecule has 2 heterocycles. The molecule has 0 spiro atoms. The van der Waals surface area contributed by atoms with E-state index in [0.29, 0.717) is 6.42 Å². The van der Waals surface area contributed by atoms with Crippen molar-refractivity contribution in [2.45, 2.75) is 57.4 Å². The molecule has 0 saturated heterocycles. The molecule has 0 unspecified atom stereocenters. The van der Waals surface area contributed by atoms with E-state index in [0.717, 1.165) is 40.0 Å². The van der Waals surface area contributed by atoms with Crippen LogP contribution in [0.1, 0.15) is 50.0 Å². The van der Waals surface area contributed by atoms with Crippen molar-refractivity contribution in [2.75, 3.05) is 0 Å². The van der Waals surface area contributed by atoms with Crippen LogP contribution >= 0.6 is 11.3 Å². The second kappa shape index (κ2) is 5.70. The third kappa shape index (κ3) is 2.92. The standard InChI is InChI=1S/C20H24N2O2S/c1-12-2-3-17(24-12)19-21-16(11-25-19)7-18(23)22-20-8-13-4-14(9-20)6-15(5-13)10-20/h2-3,11,13-15H,4-10H2,1H3,(H,22,23). The number of furan rings is 1. The summed E-state index contributed by atoms with van der Waals surface area (Å²) < 4.78 is 5.63. The average molecular weight is 356 g/mol. The van der Waals surface area contributed by atoms with Gasteiger partial charge in [0.25, 0.3) is 0 Å². The van der Waals surface area contributed by atoms with Gasteiger partial charge in [-0.15, -0.1) is 11.3 Å². The highest BCUT2D eigenvalue weighted by atomic mass is 32.1. The molecule has 4 aliphatic carbocycles. The maximum Gasteiger partial charge on any atom is 0.226 e. The minimum Gasteiger partial charge on any atom is -0.459 e. The quantitative estimate of drug-likeness (QED) is 0.886.